The van der Waals surface area contributed by atoms with Crippen molar-refractivity contribution in [2.45, 2.75) is 75.8 Å². The van der Waals surface area contributed by atoms with E-state index in [1.165, 1.54) is 32.1 Å². The van der Waals surface area contributed by atoms with E-state index >= 15 is 0 Å². The van der Waals surface area contributed by atoms with Crippen LogP contribution in [0.3, 0.4) is 0 Å². The molecule has 0 N–H and O–H groups in total. The third-order valence-corrected chi connectivity index (χ3v) is 6.84. The minimum Gasteiger partial charge on any atom is -0.494 e. The molecule has 2 heterocycles. The lowest BCUT2D eigenvalue weighted by atomic mass is 9.90. The van der Waals surface area contributed by atoms with E-state index in [2.05, 4.69) is 0 Å². The van der Waals surface area contributed by atoms with Gasteiger partial charge in [-0.15, -0.1) is 0 Å². The maximum absolute atomic E-state index is 5.96. The monoisotopic (exact) mass is 402 g/mol. The van der Waals surface area contributed by atoms with Crippen LogP contribution in [0.5, 0.6) is 11.5 Å². The minimum atomic E-state index is 0.519. The van der Waals surface area contributed by atoms with E-state index in [0.29, 0.717) is 36.3 Å². The predicted octanol–water partition coefficient (Wildman–Crippen LogP) is 4.38. The zero-order valence-electron chi connectivity index (χ0n) is 17.3. The highest BCUT2D eigenvalue weighted by atomic mass is 16.6. The van der Waals surface area contributed by atoms with Gasteiger partial charge < -0.3 is 23.7 Å². The molecular weight excluding hydrogens is 368 g/mol. The Morgan fingerprint density at radius 1 is 0.655 bits per heavy atom. The largest absolute Gasteiger partial charge is 0.494 e. The van der Waals surface area contributed by atoms with Gasteiger partial charge in [-0.2, -0.15) is 0 Å². The summed E-state index contributed by atoms with van der Waals surface area (Å²) in [5, 5.41) is 0. The predicted molar refractivity (Wildman–Crippen MR) is 109 cm³/mol. The second-order valence-electron chi connectivity index (χ2n) is 9.20. The molecule has 0 bridgehead atoms. The minimum absolute atomic E-state index is 0.519. The van der Waals surface area contributed by atoms with Crippen molar-refractivity contribution >= 4 is 0 Å². The first-order valence-electron chi connectivity index (χ1n) is 11.6. The van der Waals surface area contributed by atoms with Gasteiger partial charge in [0.15, 0.2) is 0 Å². The number of epoxide rings is 2. The number of hydrogen-bond donors (Lipinski definition) is 0. The molecule has 29 heavy (non-hydrogen) atoms. The molecule has 5 heteroatoms. The fourth-order valence-corrected chi connectivity index (χ4v) is 4.87. The SMILES string of the molecule is c1cc(OCC2CCC3OC3C2)ccc1OCCCCOCC1CCC2OC2C1. The summed E-state index contributed by atoms with van der Waals surface area (Å²) in [6.45, 7) is 3.25. The van der Waals surface area contributed by atoms with Crippen LogP contribution in [0.1, 0.15) is 51.4 Å². The Morgan fingerprint density at radius 2 is 1.24 bits per heavy atom. The number of ether oxygens (including phenoxy) is 5. The summed E-state index contributed by atoms with van der Waals surface area (Å²) in [6.07, 6.45) is 11.6. The standard InChI is InChI=1S/C24H34O5/c1(11-25-15-17-3-9-21-23(13-17)28-21)2-12-26-19-5-7-20(8-6-19)27-16-18-4-10-22-24(14-18)29-22/h5-8,17-18,21-24H,1-4,9-16H2. The number of benzene rings is 1. The maximum Gasteiger partial charge on any atom is 0.119 e. The van der Waals surface area contributed by atoms with Crippen molar-refractivity contribution in [2.75, 3.05) is 26.4 Å². The zero-order valence-corrected chi connectivity index (χ0v) is 17.3. The lowest BCUT2D eigenvalue weighted by Crippen LogP contribution is -2.19. The van der Waals surface area contributed by atoms with Gasteiger partial charge in [0.25, 0.3) is 0 Å². The van der Waals surface area contributed by atoms with E-state index in [4.69, 9.17) is 23.7 Å². The molecule has 5 rings (SSSR count). The molecule has 1 aromatic carbocycles. The Kier molecular flexibility index (Phi) is 6.26. The molecule has 2 aliphatic heterocycles. The summed E-state index contributed by atoms with van der Waals surface area (Å²) in [5.41, 5.74) is 0. The van der Waals surface area contributed by atoms with Crippen molar-refractivity contribution in [1.82, 2.24) is 0 Å². The summed E-state index contributed by atoms with van der Waals surface area (Å²) < 4.78 is 28.8. The average molecular weight is 403 g/mol. The highest BCUT2D eigenvalue weighted by Crippen LogP contribution is 2.40. The van der Waals surface area contributed by atoms with Crippen LogP contribution in [-0.2, 0) is 14.2 Å². The molecule has 4 aliphatic rings. The van der Waals surface area contributed by atoms with Gasteiger partial charge in [-0.25, -0.2) is 0 Å². The van der Waals surface area contributed by atoms with Crippen LogP contribution in [0.25, 0.3) is 0 Å². The van der Waals surface area contributed by atoms with E-state index < -0.39 is 0 Å². The van der Waals surface area contributed by atoms with Gasteiger partial charge in [0.05, 0.1) is 37.6 Å². The summed E-state index contributed by atoms with van der Waals surface area (Å²) >= 11 is 0. The third kappa shape index (κ3) is 5.65. The van der Waals surface area contributed by atoms with Crippen molar-refractivity contribution in [2.24, 2.45) is 11.8 Å². The van der Waals surface area contributed by atoms with E-state index in [1.54, 1.807) is 0 Å². The summed E-state index contributed by atoms with van der Waals surface area (Å²) in [6, 6.07) is 8.03. The van der Waals surface area contributed by atoms with E-state index in [9.17, 15) is 0 Å². The van der Waals surface area contributed by atoms with Gasteiger partial charge in [-0.05, 0) is 87.5 Å². The second kappa shape index (κ2) is 9.23. The highest BCUT2D eigenvalue weighted by molar-refractivity contribution is 5.31. The molecule has 0 aromatic heterocycles. The molecule has 2 saturated heterocycles. The Morgan fingerprint density at radius 3 is 1.90 bits per heavy atom. The van der Waals surface area contributed by atoms with Crippen molar-refractivity contribution in [3.63, 3.8) is 0 Å². The number of hydrogen-bond acceptors (Lipinski definition) is 5. The van der Waals surface area contributed by atoms with Gasteiger partial charge in [-0.1, -0.05) is 0 Å². The normalized spacial score (nSPS) is 34.8. The van der Waals surface area contributed by atoms with Gasteiger partial charge in [0.2, 0.25) is 0 Å². The van der Waals surface area contributed by atoms with E-state index in [0.717, 1.165) is 57.2 Å². The number of unbranched alkanes of at least 4 members (excludes halogenated alkanes) is 1. The molecule has 2 saturated carbocycles. The third-order valence-electron chi connectivity index (χ3n) is 6.84. The first kappa shape index (κ1) is 19.7. The Balaban J connectivity index is 0.898. The molecular formula is C24H34O5. The van der Waals surface area contributed by atoms with E-state index in [-0.39, 0.29) is 0 Å². The molecule has 0 amide bonds. The zero-order chi connectivity index (χ0) is 19.5. The Hall–Kier alpha value is -1.30. The van der Waals surface area contributed by atoms with Crippen molar-refractivity contribution in [3.8, 4) is 11.5 Å². The fraction of sp³-hybridized carbons (Fsp3) is 0.750. The van der Waals surface area contributed by atoms with Crippen molar-refractivity contribution < 1.29 is 23.7 Å². The lowest BCUT2D eigenvalue weighted by molar-refractivity contribution is 0.0833. The molecule has 0 spiro atoms. The molecule has 2 aliphatic carbocycles. The first-order chi connectivity index (χ1) is 14.3. The van der Waals surface area contributed by atoms with Crippen LogP contribution < -0.4 is 9.47 Å². The van der Waals surface area contributed by atoms with Gasteiger partial charge in [0.1, 0.15) is 11.5 Å². The molecule has 160 valence electrons. The molecule has 6 unspecified atom stereocenters. The summed E-state index contributed by atoms with van der Waals surface area (Å²) in [5.74, 6) is 3.17. The fourth-order valence-electron chi connectivity index (χ4n) is 4.87. The van der Waals surface area contributed by atoms with Gasteiger partial charge in [0, 0.05) is 13.2 Å². The quantitative estimate of drug-likeness (QED) is 0.406. The van der Waals surface area contributed by atoms with Crippen LogP contribution in [0.2, 0.25) is 0 Å². The van der Waals surface area contributed by atoms with Crippen LogP contribution in [-0.4, -0.2) is 50.8 Å². The molecule has 5 nitrogen and oxygen atoms in total. The molecule has 6 atom stereocenters. The summed E-state index contributed by atoms with van der Waals surface area (Å²) in [4.78, 5) is 0. The molecule has 0 radical (unpaired) electrons. The van der Waals surface area contributed by atoms with Crippen LogP contribution in [0, 0.1) is 11.8 Å². The van der Waals surface area contributed by atoms with Crippen molar-refractivity contribution in [3.05, 3.63) is 24.3 Å². The molecule has 4 fully saturated rings. The van der Waals surface area contributed by atoms with Crippen LogP contribution >= 0.6 is 0 Å². The molecule has 1 aromatic rings. The second-order valence-corrected chi connectivity index (χ2v) is 9.20. The topological polar surface area (TPSA) is 52.8 Å². The number of rotatable bonds is 11. The Bertz CT molecular complexity index is 647. The number of fused-ring (bicyclic) bond motifs is 2. The Labute approximate surface area is 174 Å². The van der Waals surface area contributed by atoms with Crippen LogP contribution in [0.4, 0.5) is 0 Å². The lowest BCUT2D eigenvalue weighted by Gasteiger charge is -2.19. The maximum atomic E-state index is 5.96. The van der Waals surface area contributed by atoms with Crippen molar-refractivity contribution in [1.29, 1.82) is 0 Å². The smallest absolute Gasteiger partial charge is 0.119 e. The first-order valence-corrected chi connectivity index (χ1v) is 11.6. The highest BCUT2D eigenvalue weighted by Gasteiger charge is 2.44. The van der Waals surface area contributed by atoms with Gasteiger partial charge >= 0.3 is 0 Å². The summed E-state index contributed by atoms with van der Waals surface area (Å²) in [7, 11) is 0. The van der Waals surface area contributed by atoms with Gasteiger partial charge in [-0.3, -0.25) is 0 Å². The van der Waals surface area contributed by atoms with E-state index in [1.807, 2.05) is 24.3 Å². The van der Waals surface area contributed by atoms with Crippen LogP contribution in [0.15, 0.2) is 24.3 Å². The average Bonchev–Trinajstić information content (AvgIpc) is 3.66.